The molecule has 1 aliphatic heterocycles. The Labute approximate surface area is 169 Å². The number of nitrogens with zero attached hydrogens (tertiary/aromatic N) is 2. The molecule has 10 heteroatoms. The highest BCUT2D eigenvalue weighted by atomic mass is 35.5. The van der Waals surface area contributed by atoms with Gasteiger partial charge in [-0.2, -0.15) is 0 Å². The van der Waals surface area contributed by atoms with Crippen LogP contribution in [0.2, 0.25) is 5.02 Å². The van der Waals surface area contributed by atoms with E-state index in [1.165, 1.54) is 25.2 Å². The van der Waals surface area contributed by atoms with Gasteiger partial charge < -0.3 is 19.3 Å². The van der Waals surface area contributed by atoms with E-state index in [9.17, 15) is 22.4 Å². The molecule has 0 aliphatic carbocycles. The highest BCUT2D eigenvalue weighted by molar-refractivity contribution is 6.31. The second-order valence-electron chi connectivity index (χ2n) is 6.27. The van der Waals surface area contributed by atoms with Gasteiger partial charge in [-0.25, -0.2) is 17.6 Å². The van der Waals surface area contributed by atoms with Crippen LogP contribution in [0, 0.1) is 23.3 Å². The van der Waals surface area contributed by atoms with Gasteiger partial charge in [-0.15, -0.1) is 0 Å². The largest absolute Gasteiger partial charge is 0.493 e. The first-order valence-electron chi connectivity index (χ1n) is 8.57. The average molecular weight is 433 g/mol. The number of amides is 1. The van der Waals surface area contributed by atoms with Crippen molar-refractivity contribution in [3.05, 3.63) is 52.1 Å². The number of anilines is 1. The van der Waals surface area contributed by atoms with Crippen LogP contribution >= 0.6 is 11.6 Å². The Kier molecular flexibility index (Phi) is 6.07. The van der Waals surface area contributed by atoms with Gasteiger partial charge in [0.1, 0.15) is 10.7 Å². The van der Waals surface area contributed by atoms with Crippen LogP contribution in [0.25, 0.3) is 0 Å². The van der Waals surface area contributed by atoms with Crippen molar-refractivity contribution in [2.45, 2.75) is 0 Å². The first-order chi connectivity index (χ1) is 13.8. The van der Waals surface area contributed by atoms with E-state index in [1.54, 1.807) is 12.1 Å². The molecule has 156 valence electrons. The van der Waals surface area contributed by atoms with Crippen molar-refractivity contribution in [2.75, 3.05) is 45.3 Å². The van der Waals surface area contributed by atoms with Crippen molar-refractivity contribution in [3.8, 4) is 11.5 Å². The summed E-state index contributed by atoms with van der Waals surface area (Å²) in [5.41, 5.74) is -0.486. The van der Waals surface area contributed by atoms with E-state index >= 15 is 0 Å². The molecule has 0 radical (unpaired) electrons. The fourth-order valence-electron chi connectivity index (χ4n) is 3.16. The van der Waals surface area contributed by atoms with Gasteiger partial charge in [0.15, 0.2) is 34.8 Å². The molecule has 2 aromatic rings. The summed E-state index contributed by atoms with van der Waals surface area (Å²) in [6.07, 6.45) is 0. The molecular weight excluding hydrogens is 416 g/mol. The zero-order chi connectivity index (χ0) is 21.3. The van der Waals surface area contributed by atoms with Gasteiger partial charge in [-0.1, -0.05) is 11.6 Å². The molecular formula is C19H17ClF4N2O3. The highest BCUT2D eigenvalue weighted by Crippen LogP contribution is 2.34. The number of ether oxygens (including phenoxy) is 2. The lowest BCUT2D eigenvalue weighted by atomic mass is 10.1. The first kappa shape index (κ1) is 21.0. The summed E-state index contributed by atoms with van der Waals surface area (Å²) >= 11 is 5.26. The van der Waals surface area contributed by atoms with Crippen LogP contribution in [0.3, 0.4) is 0 Å². The normalized spacial score (nSPS) is 14.2. The number of piperazine rings is 1. The van der Waals surface area contributed by atoms with Gasteiger partial charge in [0.05, 0.1) is 14.2 Å². The molecule has 0 saturated carbocycles. The molecule has 0 aromatic heterocycles. The molecule has 1 heterocycles. The second-order valence-corrected chi connectivity index (χ2v) is 6.65. The van der Waals surface area contributed by atoms with E-state index in [0.717, 1.165) is 4.90 Å². The molecule has 1 aliphatic rings. The topological polar surface area (TPSA) is 42.0 Å². The molecule has 2 aromatic carbocycles. The van der Waals surface area contributed by atoms with Crippen LogP contribution < -0.4 is 14.4 Å². The van der Waals surface area contributed by atoms with Gasteiger partial charge in [0, 0.05) is 31.7 Å². The minimum absolute atomic E-state index is 0.0205. The summed E-state index contributed by atoms with van der Waals surface area (Å²) in [7, 11) is 2.91. The Balaban J connectivity index is 1.77. The van der Waals surface area contributed by atoms with Gasteiger partial charge in [0.25, 0.3) is 5.91 Å². The van der Waals surface area contributed by atoms with E-state index < -0.39 is 34.0 Å². The number of methoxy groups -OCH3 is 2. The zero-order valence-electron chi connectivity index (χ0n) is 15.6. The van der Waals surface area contributed by atoms with Crippen LogP contribution in [-0.2, 0) is 0 Å². The molecule has 3 rings (SSSR count). The van der Waals surface area contributed by atoms with Gasteiger partial charge in [-0.05, 0) is 18.2 Å². The van der Waals surface area contributed by atoms with Crippen molar-refractivity contribution >= 4 is 23.2 Å². The van der Waals surface area contributed by atoms with E-state index in [2.05, 4.69) is 0 Å². The number of hydrogen-bond donors (Lipinski definition) is 0. The summed E-state index contributed by atoms with van der Waals surface area (Å²) in [5, 5.41) is -1.23. The SMILES string of the molecule is COc1ccc(C(=O)N2CCN(c3c(F)c(F)c(Cl)c(F)c3F)CC2)cc1OC. The predicted octanol–water partition coefficient (Wildman–Crippen LogP) is 3.88. The maximum absolute atomic E-state index is 14.1. The minimum Gasteiger partial charge on any atom is -0.493 e. The summed E-state index contributed by atoms with van der Waals surface area (Å²) in [4.78, 5) is 15.3. The second kappa shape index (κ2) is 8.36. The Hall–Kier alpha value is -2.68. The molecule has 0 spiro atoms. The predicted molar refractivity (Wildman–Crippen MR) is 98.9 cm³/mol. The number of carbonyl (C=O) groups excluding carboxylic acids is 1. The summed E-state index contributed by atoms with van der Waals surface area (Å²) < 4.78 is 66.0. The summed E-state index contributed by atoms with van der Waals surface area (Å²) in [6.45, 7) is 0.149. The molecule has 1 amide bonds. The molecule has 1 saturated heterocycles. The molecule has 0 unspecified atom stereocenters. The van der Waals surface area contributed by atoms with Crippen molar-refractivity contribution in [1.82, 2.24) is 4.90 Å². The maximum Gasteiger partial charge on any atom is 0.254 e. The van der Waals surface area contributed by atoms with Gasteiger partial charge in [0.2, 0.25) is 0 Å². The summed E-state index contributed by atoms with van der Waals surface area (Å²) in [6, 6.07) is 4.68. The number of benzene rings is 2. The minimum atomic E-state index is -1.65. The van der Waals surface area contributed by atoms with Crippen LogP contribution in [-0.4, -0.2) is 51.2 Å². The van der Waals surface area contributed by atoms with Crippen LogP contribution in [0.4, 0.5) is 23.2 Å². The maximum atomic E-state index is 14.1. The van der Waals surface area contributed by atoms with Crippen LogP contribution in [0.5, 0.6) is 11.5 Å². The third-order valence-corrected chi connectivity index (χ3v) is 5.03. The number of halogens is 5. The van der Waals surface area contributed by atoms with E-state index in [1.807, 2.05) is 0 Å². The van der Waals surface area contributed by atoms with E-state index in [4.69, 9.17) is 21.1 Å². The van der Waals surface area contributed by atoms with E-state index in [-0.39, 0.29) is 32.1 Å². The fraction of sp³-hybridized carbons (Fsp3) is 0.316. The molecule has 29 heavy (non-hydrogen) atoms. The molecule has 0 atom stereocenters. The average Bonchev–Trinajstić information content (AvgIpc) is 2.76. The number of carbonyl (C=O) groups is 1. The fourth-order valence-corrected chi connectivity index (χ4v) is 3.32. The Bertz CT molecular complexity index is 921. The molecule has 0 bridgehead atoms. The lowest BCUT2D eigenvalue weighted by molar-refractivity contribution is 0.0746. The standard InChI is InChI=1S/C19H17ClF4N2O3/c1-28-11-4-3-10(9-12(11)29-2)19(27)26-7-5-25(6-8-26)18-16(23)14(21)13(20)15(22)17(18)24/h3-4,9H,5-8H2,1-2H3. The Morgan fingerprint density at radius 2 is 1.45 bits per heavy atom. The number of hydrogen-bond acceptors (Lipinski definition) is 4. The molecule has 5 nitrogen and oxygen atoms in total. The third-order valence-electron chi connectivity index (χ3n) is 4.70. The van der Waals surface area contributed by atoms with Gasteiger partial charge in [-0.3, -0.25) is 4.79 Å². The lowest BCUT2D eigenvalue weighted by Gasteiger charge is -2.36. The Morgan fingerprint density at radius 3 is 1.97 bits per heavy atom. The quantitative estimate of drug-likeness (QED) is 0.418. The third kappa shape index (κ3) is 3.78. The first-order valence-corrected chi connectivity index (χ1v) is 8.95. The molecule has 1 fully saturated rings. The summed E-state index contributed by atoms with van der Waals surface area (Å²) in [5.74, 6) is -5.89. The van der Waals surface area contributed by atoms with Crippen molar-refractivity contribution in [1.29, 1.82) is 0 Å². The highest BCUT2D eigenvalue weighted by Gasteiger charge is 2.31. The van der Waals surface area contributed by atoms with Crippen LogP contribution in [0.15, 0.2) is 18.2 Å². The monoisotopic (exact) mass is 432 g/mol. The van der Waals surface area contributed by atoms with Crippen molar-refractivity contribution in [3.63, 3.8) is 0 Å². The van der Waals surface area contributed by atoms with Crippen LogP contribution in [0.1, 0.15) is 10.4 Å². The van der Waals surface area contributed by atoms with Crippen molar-refractivity contribution < 1.29 is 31.8 Å². The smallest absolute Gasteiger partial charge is 0.254 e. The number of rotatable bonds is 4. The van der Waals surface area contributed by atoms with E-state index in [0.29, 0.717) is 17.1 Å². The lowest BCUT2D eigenvalue weighted by Crippen LogP contribution is -2.49. The van der Waals surface area contributed by atoms with Crippen molar-refractivity contribution in [2.24, 2.45) is 0 Å². The van der Waals surface area contributed by atoms with Gasteiger partial charge >= 0.3 is 0 Å². The molecule has 0 N–H and O–H groups in total. The zero-order valence-corrected chi connectivity index (χ0v) is 16.3. The Morgan fingerprint density at radius 1 is 0.897 bits per heavy atom.